The highest BCUT2D eigenvalue weighted by molar-refractivity contribution is 5.84. The number of nitrogens with two attached hydrogens (primary N) is 1. The molecule has 0 aromatic heterocycles. The first-order valence-corrected chi connectivity index (χ1v) is 7.89. The lowest BCUT2D eigenvalue weighted by molar-refractivity contribution is -0.139. The van der Waals surface area contributed by atoms with Crippen LogP contribution in [0.2, 0.25) is 0 Å². The lowest BCUT2D eigenvalue weighted by Crippen LogP contribution is -2.44. The Labute approximate surface area is 121 Å². The molecule has 116 valence electrons. The molecule has 0 spiro atoms. The summed E-state index contributed by atoms with van der Waals surface area (Å²) in [5.74, 6) is 0.0126. The van der Waals surface area contributed by atoms with Crippen LogP contribution in [0.3, 0.4) is 0 Å². The summed E-state index contributed by atoms with van der Waals surface area (Å²) in [6.45, 7) is 3.93. The second-order valence-electron chi connectivity index (χ2n) is 6.20. The second-order valence-corrected chi connectivity index (χ2v) is 6.20. The summed E-state index contributed by atoms with van der Waals surface area (Å²) in [7, 11) is 0. The van der Waals surface area contributed by atoms with Crippen LogP contribution in [0.4, 0.5) is 0 Å². The molecule has 1 heterocycles. The van der Waals surface area contributed by atoms with Crippen molar-refractivity contribution in [3.05, 3.63) is 0 Å². The van der Waals surface area contributed by atoms with Gasteiger partial charge in [0.1, 0.15) is 5.60 Å². The number of carbonyl (C=O) groups is 1. The number of carbonyl (C=O) groups excluding carboxylic acids is 1. The molecule has 2 rings (SSSR count). The molecule has 1 atom stereocenters. The van der Waals surface area contributed by atoms with Crippen molar-refractivity contribution in [2.45, 2.75) is 69.6 Å². The van der Waals surface area contributed by atoms with Crippen molar-refractivity contribution in [3.63, 3.8) is 0 Å². The Balaban J connectivity index is 1.52. The first-order chi connectivity index (χ1) is 9.60. The van der Waals surface area contributed by atoms with Crippen molar-refractivity contribution < 1.29 is 14.3 Å². The SMILES string of the molecule is CC1(C(=O)NCCCOC2CCC(N)CC2)CCCO1. The predicted molar refractivity (Wildman–Crippen MR) is 77.4 cm³/mol. The Morgan fingerprint density at radius 3 is 2.80 bits per heavy atom. The molecule has 2 fully saturated rings. The van der Waals surface area contributed by atoms with E-state index in [0.29, 0.717) is 31.9 Å². The van der Waals surface area contributed by atoms with Gasteiger partial charge in [-0.1, -0.05) is 0 Å². The average Bonchev–Trinajstić information content (AvgIpc) is 2.88. The van der Waals surface area contributed by atoms with E-state index in [1.807, 2.05) is 6.92 Å². The fourth-order valence-corrected chi connectivity index (χ4v) is 2.92. The topological polar surface area (TPSA) is 73.6 Å². The van der Waals surface area contributed by atoms with Gasteiger partial charge in [0.2, 0.25) is 0 Å². The van der Waals surface area contributed by atoms with E-state index in [-0.39, 0.29) is 5.91 Å². The van der Waals surface area contributed by atoms with Crippen molar-refractivity contribution in [1.82, 2.24) is 5.32 Å². The van der Waals surface area contributed by atoms with Gasteiger partial charge in [-0.3, -0.25) is 4.79 Å². The molecule has 1 saturated carbocycles. The average molecular weight is 284 g/mol. The highest BCUT2D eigenvalue weighted by Gasteiger charge is 2.37. The number of hydrogen-bond donors (Lipinski definition) is 2. The zero-order valence-electron chi connectivity index (χ0n) is 12.5. The molecule has 1 aliphatic heterocycles. The zero-order valence-corrected chi connectivity index (χ0v) is 12.5. The predicted octanol–water partition coefficient (Wildman–Crippen LogP) is 1.35. The summed E-state index contributed by atoms with van der Waals surface area (Å²) < 4.78 is 11.3. The molecule has 1 unspecified atom stereocenters. The minimum absolute atomic E-state index is 0.0126. The maximum absolute atomic E-state index is 12.0. The smallest absolute Gasteiger partial charge is 0.251 e. The van der Waals surface area contributed by atoms with E-state index in [4.69, 9.17) is 15.2 Å². The molecule has 0 aromatic carbocycles. The molecule has 0 radical (unpaired) electrons. The number of amides is 1. The highest BCUT2D eigenvalue weighted by atomic mass is 16.5. The largest absolute Gasteiger partial charge is 0.378 e. The molecular weight excluding hydrogens is 256 g/mol. The molecule has 1 saturated heterocycles. The minimum atomic E-state index is -0.611. The van der Waals surface area contributed by atoms with Crippen LogP contribution in [-0.2, 0) is 14.3 Å². The van der Waals surface area contributed by atoms with Crippen molar-refractivity contribution in [1.29, 1.82) is 0 Å². The monoisotopic (exact) mass is 284 g/mol. The van der Waals surface area contributed by atoms with Crippen LogP contribution in [0.1, 0.15) is 51.9 Å². The van der Waals surface area contributed by atoms with E-state index in [9.17, 15) is 4.79 Å². The first kappa shape index (κ1) is 15.7. The summed E-state index contributed by atoms with van der Waals surface area (Å²) in [5.41, 5.74) is 5.25. The Kier molecular flexibility index (Phi) is 5.81. The normalized spacial score (nSPS) is 34.1. The maximum atomic E-state index is 12.0. The van der Waals surface area contributed by atoms with E-state index < -0.39 is 5.60 Å². The van der Waals surface area contributed by atoms with Gasteiger partial charge in [-0.15, -0.1) is 0 Å². The molecule has 2 aliphatic rings. The fraction of sp³-hybridized carbons (Fsp3) is 0.933. The molecule has 0 bridgehead atoms. The number of ether oxygens (including phenoxy) is 2. The number of nitrogens with one attached hydrogen (secondary N) is 1. The third kappa shape index (κ3) is 4.43. The molecule has 0 aromatic rings. The van der Waals surface area contributed by atoms with Crippen LogP contribution in [0.15, 0.2) is 0 Å². The molecular formula is C15H28N2O3. The Bertz CT molecular complexity index is 308. The van der Waals surface area contributed by atoms with Gasteiger partial charge < -0.3 is 20.5 Å². The standard InChI is InChI=1S/C15H28N2O3/c1-15(8-2-11-20-15)14(18)17-9-3-10-19-13-6-4-12(16)5-7-13/h12-13H,2-11,16H2,1H3,(H,17,18). The van der Waals surface area contributed by atoms with E-state index in [2.05, 4.69) is 5.32 Å². The van der Waals surface area contributed by atoms with Gasteiger partial charge in [0, 0.05) is 25.8 Å². The number of rotatable bonds is 6. The van der Waals surface area contributed by atoms with Crippen LogP contribution in [-0.4, -0.2) is 43.4 Å². The molecule has 1 aliphatic carbocycles. The third-order valence-electron chi connectivity index (χ3n) is 4.38. The quantitative estimate of drug-likeness (QED) is 0.722. The lowest BCUT2D eigenvalue weighted by Gasteiger charge is -2.26. The molecule has 1 amide bonds. The molecule has 5 heteroatoms. The van der Waals surface area contributed by atoms with Crippen molar-refractivity contribution in [2.75, 3.05) is 19.8 Å². The summed E-state index contributed by atoms with van der Waals surface area (Å²) in [4.78, 5) is 12.0. The van der Waals surface area contributed by atoms with Crippen LogP contribution >= 0.6 is 0 Å². The minimum Gasteiger partial charge on any atom is -0.378 e. The van der Waals surface area contributed by atoms with E-state index in [0.717, 1.165) is 44.9 Å². The summed E-state index contributed by atoms with van der Waals surface area (Å²) >= 11 is 0. The van der Waals surface area contributed by atoms with Crippen molar-refractivity contribution in [3.8, 4) is 0 Å². The molecule has 20 heavy (non-hydrogen) atoms. The summed E-state index contributed by atoms with van der Waals surface area (Å²) in [5, 5.41) is 2.95. The van der Waals surface area contributed by atoms with Gasteiger partial charge in [-0.2, -0.15) is 0 Å². The lowest BCUT2D eigenvalue weighted by atomic mass is 9.94. The van der Waals surface area contributed by atoms with Crippen LogP contribution in [0.25, 0.3) is 0 Å². The maximum Gasteiger partial charge on any atom is 0.251 e. The van der Waals surface area contributed by atoms with E-state index in [1.165, 1.54) is 0 Å². The van der Waals surface area contributed by atoms with Crippen molar-refractivity contribution >= 4 is 5.91 Å². The van der Waals surface area contributed by atoms with Gasteiger partial charge >= 0.3 is 0 Å². The van der Waals surface area contributed by atoms with E-state index >= 15 is 0 Å². The second kappa shape index (κ2) is 7.38. The Morgan fingerprint density at radius 2 is 2.15 bits per heavy atom. The third-order valence-corrected chi connectivity index (χ3v) is 4.38. The first-order valence-electron chi connectivity index (χ1n) is 7.89. The zero-order chi connectivity index (χ0) is 14.4. The molecule has 3 N–H and O–H groups in total. The van der Waals surface area contributed by atoms with Crippen molar-refractivity contribution in [2.24, 2.45) is 5.73 Å². The van der Waals surface area contributed by atoms with Gasteiger partial charge in [0.05, 0.1) is 6.10 Å². The van der Waals surface area contributed by atoms with E-state index in [1.54, 1.807) is 0 Å². The summed E-state index contributed by atoms with van der Waals surface area (Å²) in [6.07, 6.45) is 7.27. The van der Waals surface area contributed by atoms with Crippen LogP contribution < -0.4 is 11.1 Å². The van der Waals surface area contributed by atoms with Gasteiger partial charge in [0.25, 0.3) is 5.91 Å². The van der Waals surface area contributed by atoms with Crippen LogP contribution in [0, 0.1) is 0 Å². The fourth-order valence-electron chi connectivity index (χ4n) is 2.92. The Morgan fingerprint density at radius 1 is 1.40 bits per heavy atom. The number of hydrogen-bond acceptors (Lipinski definition) is 4. The van der Waals surface area contributed by atoms with Gasteiger partial charge in [-0.05, 0) is 51.9 Å². The highest BCUT2D eigenvalue weighted by Crippen LogP contribution is 2.25. The van der Waals surface area contributed by atoms with Crippen LogP contribution in [0.5, 0.6) is 0 Å². The van der Waals surface area contributed by atoms with Gasteiger partial charge in [0.15, 0.2) is 0 Å². The van der Waals surface area contributed by atoms with Gasteiger partial charge in [-0.25, -0.2) is 0 Å². The molecule has 5 nitrogen and oxygen atoms in total. The Hall–Kier alpha value is -0.650. The summed E-state index contributed by atoms with van der Waals surface area (Å²) in [6, 6.07) is 0.362.